The van der Waals surface area contributed by atoms with Crippen LogP contribution in [-0.4, -0.2) is 13.7 Å². The van der Waals surface area contributed by atoms with Gasteiger partial charge in [0.2, 0.25) is 0 Å². The fourth-order valence-corrected chi connectivity index (χ4v) is 2.84. The maximum Gasteiger partial charge on any atom is 0.416 e. The lowest BCUT2D eigenvalue weighted by atomic mass is 9.64. The molecule has 1 saturated carbocycles. The van der Waals surface area contributed by atoms with Gasteiger partial charge in [0, 0.05) is 17.5 Å². The third-order valence-electron chi connectivity index (χ3n) is 3.85. The fraction of sp³-hybridized carbons (Fsp3) is 0.538. The molecule has 0 saturated heterocycles. The molecule has 19 heavy (non-hydrogen) atoms. The Bertz CT molecular complexity index is 478. The summed E-state index contributed by atoms with van der Waals surface area (Å²) >= 11 is 5.92. The minimum absolute atomic E-state index is 0.0212. The molecule has 6 heteroatoms. The third-order valence-corrected chi connectivity index (χ3v) is 4.13. The van der Waals surface area contributed by atoms with Crippen molar-refractivity contribution < 1.29 is 17.9 Å². The molecule has 0 amide bonds. The highest BCUT2D eigenvalue weighted by atomic mass is 35.5. The summed E-state index contributed by atoms with van der Waals surface area (Å²) < 4.78 is 43.8. The van der Waals surface area contributed by atoms with E-state index in [1.54, 1.807) is 0 Å². The van der Waals surface area contributed by atoms with Crippen LogP contribution in [-0.2, 0) is 11.6 Å². The monoisotopic (exact) mass is 293 g/mol. The standard InChI is InChI=1S/C13H15ClF3NO/c1-19-11-9(12(7-18)3-2-4-12)5-8(6-10(11)14)13(15,16)17/h5-6H,2-4,7,18H2,1H3. The summed E-state index contributed by atoms with van der Waals surface area (Å²) in [6, 6.07) is 2.02. The molecule has 1 aromatic rings. The van der Waals surface area contributed by atoms with Gasteiger partial charge in [-0.25, -0.2) is 0 Å². The van der Waals surface area contributed by atoms with Crippen LogP contribution in [0.25, 0.3) is 0 Å². The van der Waals surface area contributed by atoms with E-state index in [-0.39, 0.29) is 5.02 Å². The topological polar surface area (TPSA) is 35.2 Å². The van der Waals surface area contributed by atoms with Gasteiger partial charge in [-0.15, -0.1) is 0 Å². The predicted molar refractivity (Wildman–Crippen MR) is 67.6 cm³/mol. The number of nitrogens with two attached hydrogens (primary N) is 1. The lowest BCUT2D eigenvalue weighted by Crippen LogP contribution is -2.42. The van der Waals surface area contributed by atoms with Gasteiger partial charge in [0.25, 0.3) is 0 Å². The van der Waals surface area contributed by atoms with Crippen molar-refractivity contribution >= 4 is 11.6 Å². The van der Waals surface area contributed by atoms with Crippen molar-refractivity contribution in [2.45, 2.75) is 30.9 Å². The third kappa shape index (κ3) is 2.41. The molecule has 2 rings (SSSR count). The van der Waals surface area contributed by atoms with Crippen molar-refractivity contribution in [1.82, 2.24) is 0 Å². The molecule has 2 nitrogen and oxygen atoms in total. The SMILES string of the molecule is COc1c(Cl)cc(C(F)(F)F)cc1C1(CN)CCC1. The molecule has 1 fully saturated rings. The number of benzene rings is 1. The van der Waals surface area contributed by atoms with E-state index in [1.807, 2.05) is 0 Å². The highest BCUT2D eigenvalue weighted by Crippen LogP contribution is 2.50. The summed E-state index contributed by atoms with van der Waals surface area (Å²) in [6.45, 7) is 0.293. The number of hydrogen-bond acceptors (Lipinski definition) is 2. The Balaban J connectivity index is 2.60. The summed E-state index contributed by atoms with van der Waals surface area (Å²) in [5.74, 6) is 0.305. The number of halogens is 4. The minimum atomic E-state index is -4.43. The molecule has 2 N–H and O–H groups in total. The van der Waals surface area contributed by atoms with Crippen molar-refractivity contribution in [2.24, 2.45) is 5.73 Å². The predicted octanol–water partition coefficient (Wildman–Crippen LogP) is 3.75. The second kappa shape index (κ2) is 4.87. The zero-order valence-corrected chi connectivity index (χ0v) is 11.2. The molecule has 1 aliphatic rings. The summed E-state index contributed by atoms with van der Waals surface area (Å²) in [7, 11) is 1.40. The van der Waals surface area contributed by atoms with E-state index in [0.717, 1.165) is 31.4 Å². The summed E-state index contributed by atoms with van der Waals surface area (Å²) in [5, 5.41) is -0.0212. The van der Waals surface area contributed by atoms with E-state index in [4.69, 9.17) is 22.1 Å². The fourth-order valence-electron chi connectivity index (χ4n) is 2.55. The smallest absolute Gasteiger partial charge is 0.416 e. The maximum absolute atomic E-state index is 12.9. The summed E-state index contributed by atoms with van der Waals surface area (Å²) in [6.07, 6.45) is -1.95. The number of methoxy groups -OCH3 is 1. The maximum atomic E-state index is 12.9. The van der Waals surface area contributed by atoms with Gasteiger partial charge in [-0.1, -0.05) is 18.0 Å². The van der Waals surface area contributed by atoms with Gasteiger partial charge < -0.3 is 10.5 Å². The molecule has 0 aliphatic heterocycles. The van der Waals surface area contributed by atoms with E-state index in [1.165, 1.54) is 7.11 Å². The quantitative estimate of drug-likeness (QED) is 0.921. The number of hydrogen-bond donors (Lipinski definition) is 1. The van der Waals surface area contributed by atoms with Crippen molar-refractivity contribution in [3.63, 3.8) is 0 Å². The molecule has 0 atom stereocenters. The van der Waals surface area contributed by atoms with Crippen LogP contribution in [0.2, 0.25) is 5.02 Å². The average Bonchev–Trinajstić information content (AvgIpc) is 2.26. The first-order valence-corrected chi connectivity index (χ1v) is 6.37. The molecule has 0 heterocycles. The first kappa shape index (κ1) is 14.5. The van der Waals surface area contributed by atoms with Crippen molar-refractivity contribution in [1.29, 1.82) is 0 Å². The lowest BCUT2D eigenvalue weighted by molar-refractivity contribution is -0.137. The van der Waals surface area contributed by atoms with Crippen LogP contribution >= 0.6 is 11.6 Å². The highest BCUT2D eigenvalue weighted by molar-refractivity contribution is 6.32. The zero-order chi connectivity index (χ0) is 14.3. The molecule has 0 bridgehead atoms. The van der Waals surface area contributed by atoms with E-state index >= 15 is 0 Å². The molecule has 1 aromatic carbocycles. The number of ether oxygens (including phenoxy) is 1. The lowest BCUT2D eigenvalue weighted by Gasteiger charge is -2.42. The number of alkyl halides is 3. The summed E-state index contributed by atoms with van der Waals surface area (Å²) in [5.41, 5.74) is 5.04. The van der Waals surface area contributed by atoms with Crippen LogP contribution in [0.4, 0.5) is 13.2 Å². The molecule has 0 aromatic heterocycles. The number of rotatable bonds is 3. The Morgan fingerprint density at radius 2 is 2.00 bits per heavy atom. The molecule has 0 unspecified atom stereocenters. The molecule has 0 radical (unpaired) electrons. The van der Waals surface area contributed by atoms with Gasteiger partial charge in [0.1, 0.15) is 5.75 Å². The van der Waals surface area contributed by atoms with Crippen molar-refractivity contribution in [2.75, 3.05) is 13.7 Å². The van der Waals surface area contributed by atoms with Crippen LogP contribution in [0.1, 0.15) is 30.4 Å². The molecule has 106 valence electrons. The second-order valence-electron chi connectivity index (χ2n) is 4.87. The summed E-state index contributed by atoms with van der Waals surface area (Å²) in [4.78, 5) is 0. The van der Waals surface area contributed by atoms with Gasteiger partial charge in [-0.2, -0.15) is 13.2 Å². The average molecular weight is 294 g/mol. The van der Waals surface area contributed by atoms with Crippen molar-refractivity contribution in [3.8, 4) is 5.75 Å². The Kier molecular flexibility index (Phi) is 3.71. The Hall–Kier alpha value is -0.940. The molecular weight excluding hydrogens is 279 g/mol. The van der Waals surface area contributed by atoms with E-state index < -0.39 is 17.2 Å². The molecule has 0 spiro atoms. The van der Waals surface area contributed by atoms with E-state index in [2.05, 4.69) is 0 Å². The Morgan fingerprint density at radius 3 is 2.37 bits per heavy atom. The van der Waals surface area contributed by atoms with Crippen LogP contribution in [0, 0.1) is 0 Å². The van der Waals surface area contributed by atoms with E-state index in [0.29, 0.717) is 17.9 Å². The molecule has 1 aliphatic carbocycles. The highest BCUT2D eigenvalue weighted by Gasteiger charge is 2.42. The van der Waals surface area contributed by atoms with Gasteiger partial charge in [-0.3, -0.25) is 0 Å². The van der Waals surface area contributed by atoms with Crippen molar-refractivity contribution in [3.05, 3.63) is 28.3 Å². The normalized spacial score (nSPS) is 18.0. The van der Waals surface area contributed by atoms with Gasteiger partial charge in [0.05, 0.1) is 17.7 Å². The van der Waals surface area contributed by atoms with Gasteiger partial charge in [-0.05, 0) is 25.0 Å². The first-order valence-electron chi connectivity index (χ1n) is 5.99. The molecular formula is C13H15ClF3NO. The second-order valence-corrected chi connectivity index (χ2v) is 5.28. The minimum Gasteiger partial charge on any atom is -0.495 e. The Morgan fingerprint density at radius 1 is 1.37 bits per heavy atom. The van der Waals surface area contributed by atoms with Gasteiger partial charge >= 0.3 is 6.18 Å². The van der Waals surface area contributed by atoms with Crippen LogP contribution in [0.5, 0.6) is 5.75 Å². The van der Waals surface area contributed by atoms with E-state index in [9.17, 15) is 13.2 Å². The largest absolute Gasteiger partial charge is 0.495 e. The Labute approximate surface area is 114 Å². The van der Waals surface area contributed by atoms with Crippen LogP contribution in [0.3, 0.4) is 0 Å². The van der Waals surface area contributed by atoms with Crippen LogP contribution < -0.4 is 10.5 Å². The van der Waals surface area contributed by atoms with Gasteiger partial charge in [0.15, 0.2) is 0 Å². The zero-order valence-electron chi connectivity index (χ0n) is 10.5. The first-order chi connectivity index (χ1) is 8.84. The van der Waals surface area contributed by atoms with Crippen LogP contribution in [0.15, 0.2) is 12.1 Å².